The SMILES string of the molecule is O=[N+]([O-])c1c(NCc2ccccc2)ncnc1N1CCCCC1. The molecule has 0 unspecified atom stereocenters. The zero-order chi connectivity index (χ0) is 16.1. The van der Waals surface area contributed by atoms with E-state index in [0.29, 0.717) is 12.4 Å². The summed E-state index contributed by atoms with van der Waals surface area (Å²) in [5, 5.41) is 14.6. The predicted molar refractivity (Wildman–Crippen MR) is 88.5 cm³/mol. The summed E-state index contributed by atoms with van der Waals surface area (Å²) in [7, 11) is 0. The summed E-state index contributed by atoms with van der Waals surface area (Å²) in [6, 6.07) is 9.73. The van der Waals surface area contributed by atoms with E-state index < -0.39 is 4.92 Å². The number of piperidine rings is 1. The lowest BCUT2D eigenvalue weighted by molar-refractivity contribution is -0.383. The molecule has 0 aliphatic carbocycles. The number of nitrogens with zero attached hydrogens (tertiary/aromatic N) is 4. The molecule has 2 aromatic rings. The van der Waals surface area contributed by atoms with Gasteiger partial charge in [-0.3, -0.25) is 10.1 Å². The Kier molecular flexibility index (Phi) is 4.65. The van der Waals surface area contributed by atoms with E-state index in [1.807, 2.05) is 35.2 Å². The molecule has 23 heavy (non-hydrogen) atoms. The lowest BCUT2D eigenvalue weighted by Gasteiger charge is -2.27. The van der Waals surface area contributed by atoms with Crippen LogP contribution in [-0.2, 0) is 6.54 Å². The molecule has 0 bridgehead atoms. The molecule has 120 valence electrons. The van der Waals surface area contributed by atoms with Gasteiger partial charge in [0.25, 0.3) is 0 Å². The van der Waals surface area contributed by atoms with E-state index >= 15 is 0 Å². The highest BCUT2D eigenvalue weighted by atomic mass is 16.6. The maximum Gasteiger partial charge on any atom is 0.353 e. The van der Waals surface area contributed by atoms with Crippen molar-refractivity contribution in [1.29, 1.82) is 0 Å². The molecule has 1 aromatic carbocycles. The van der Waals surface area contributed by atoms with Gasteiger partial charge in [-0.25, -0.2) is 9.97 Å². The fourth-order valence-corrected chi connectivity index (χ4v) is 2.79. The van der Waals surface area contributed by atoms with Crippen LogP contribution >= 0.6 is 0 Å². The number of benzene rings is 1. The van der Waals surface area contributed by atoms with Crippen molar-refractivity contribution in [3.63, 3.8) is 0 Å². The number of hydrogen-bond donors (Lipinski definition) is 1. The van der Waals surface area contributed by atoms with Crippen molar-refractivity contribution in [1.82, 2.24) is 9.97 Å². The van der Waals surface area contributed by atoms with Gasteiger partial charge in [-0.15, -0.1) is 0 Å². The van der Waals surface area contributed by atoms with E-state index in [9.17, 15) is 10.1 Å². The summed E-state index contributed by atoms with van der Waals surface area (Å²) >= 11 is 0. The second-order valence-corrected chi connectivity index (χ2v) is 5.54. The summed E-state index contributed by atoms with van der Waals surface area (Å²) in [6.07, 6.45) is 4.63. The van der Waals surface area contributed by atoms with Gasteiger partial charge in [0.1, 0.15) is 6.33 Å². The largest absolute Gasteiger partial charge is 0.360 e. The second-order valence-electron chi connectivity index (χ2n) is 5.54. The maximum atomic E-state index is 11.6. The molecule has 1 aliphatic heterocycles. The highest BCUT2D eigenvalue weighted by molar-refractivity contribution is 5.70. The van der Waals surface area contributed by atoms with Crippen LogP contribution in [0.25, 0.3) is 0 Å². The summed E-state index contributed by atoms with van der Waals surface area (Å²) < 4.78 is 0. The van der Waals surface area contributed by atoms with Crippen LogP contribution in [0, 0.1) is 10.1 Å². The molecule has 0 amide bonds. The Hall–Kier alpha value is -2.70. The van der Waals surface area contributed by atoms with Crippen LogP contribution in [0.4, 0.5) is 17.3 Å². The van der Waals surface area contributed by atoms with E-state index in [1.165, 1.54) is 6.33 Å². The van der Waals surface area contributed by atoms with E-state index in [-0.39, 0.29) is 11.5 Å². The molecule has 1 aromatic heterocycles. The zero-order valence-electron chi connectivity index (χ0n) is 12.8. The fourth-order valence-electron chi connectivity index (χ4n) is 2.79. The first-order chi connectivity index (χ1) is 11.3. The number of nitro groups is 1. The van der Waals surface area contributed by atoms with Crippen molar-refractivity contribution in [2.24, 2.45) is 0 Å². The summed E-state index contributed by atoms with van der Waals surface area (Å²) in [4.78, 5) is 21.4. The minimum absolute atomic E-state index is 0.0367. The Bertz CT molecular complexity index is 671. The molecule has 2 heterocycles. The normalized spacial score (nSPS) is 14.5. The molecule has 0 atom stereocenters. The van der Waals surface area contributed by atoms with Crippen LogP contribution in [0.15, 0.2) is 36.7 Å². The molecule has 1 aliphatic rings. The number of hydrogen-bond acceptors (Lipinski definition) is 6. The maximum absolute atomic E-state index is 11.6. The molecule has 7 heteroatoms. The molecule has 7 nitrogen and oxygen atoms in total. The quantitative estimate of drug-likeness (QED) is 0.675. The number of anilines is 2. The number of aromatic nitrogens is 2. The van der Waals surface area contributed by atoms with Crippen molar-refractivity contribution in [3.8, 4) is 0 Å². The lowest BCUT2D eigenvalue weighted by atomic mass is 10.1. The van der Waals surface area contributed by atoms with Gasteiger partial charge in [0.05, 0.1) is 4.92 Å². The Morgan fingerprint density at radius 3 is 2.57 bits per heavy atom. The minimum Gasteiger partial charge on any atom is -0.360 e. The third kappa shape index (κ3) is 3.56. The van der Waals surface area contributed by atoms with Crippen LogP contribution in [-0.4, -0.2) is 28.0 Å². The van der Waals surface area contributed by atoms with Crippen molar-refractivity contribution >= 4 is 17.3 Å². The number of rotatable bonds is 5. The average Bonchev–Trinajstić information content (AvgIpc) is 2.61. The Labute approximate surface area is 134 Å². The summed E-state index contributed by atoms with van der Waals surface area (Å²) in [6.45, 7) is 2.09. The molecule has 0 saturated carbocycles. The van der Waals surface area contributed by atoms with Crippen LogP contribution in [0.1, 0.15) is 24.8 Å². The molecule has 1 saturated heterocycles. The Morgan fingerprint density at radius 1 is 1.13 bits per heavy atom. The smallest absolute Gasteiger partial charge is 0.353 e. The van der Waals surface area contributed by atoms with Crippen LogP contribution in [0.2, 0.25) is 0 Å². The van der Waals surface area contributed by atoms with E-state index in [4.69, 9.17) is 0 Å². The molecular formula is C16H19N5O2. The first-order valence-corrected chi connectivity index (χ1v) is 7.78. The Morgan fingerprint density at radius 2 is 1.87 bits per heavy atom. The van der Waals surface area contributed by atoms with Gasteiger partial charge >= 0.3 is 5.69 Å². The Balaban J connectivity index is 1.85. The van der Waals surface area contributed by atoms with Gasteiger partial charge in [0.2, 0.25) is 11.6 Å². The van der Waals surface area contributed by atoms with Crippen molar-refractivity contribution in [3.05, 3.63) is 52.3 Å². The standard InChI is InChI=1S/C16H19N5O2/c22-21(23)14-15(17-11-13-7-3-1-4-8-13)18-12-19-16(14)20-9-5-2-6-10-20/h1,3-4,7-8,12H,2,5-6,9-11H2,(H,17,18,19). The monoisotopic (exact) mass is 313 g/mol. The van der Waals surface area contributed by atoms with E-state index in [0.717, 1.165) is 37.9 Å². The summed E-state index contributed by atoms with van der Waals surface area (Å²) in [5.41, 5.74) is 1.00. The van der Waals surface area contributed by atoms with Gasteiger partial charge in [0, 0.05) is 19.6 Å². The first-order valence-electron chi connectivity index (χ1n) is 7.78. The topological polar surface area (TPSA) is 84.2 Å². The van der Waals surface area contributed by atoms with Gasteiger partial charge in [-0.2, -0.15) is 0 Å². The zero-order valence-corrected chi connectivity index (χ0v) is 12.8. The third-order valence-corrected chi connectivity index (χ3v) is 3.94. The van der Waals surface area contributed by atoms with Gasteiger partial charge in [0.15, 0.2) is 0 Å². The van der Waals surface area contributed by atoms with Crippen molar-refractivity contribution in [2.45, 2.75) is 25.8 Å². The molecule has 3 rings (SSSR count). The molecule has 0 spiro atoms. The van der Waals surface area contributed by atoms with Gasteiger partial charge < -0.3 is 10.2 Å². The predicted octanol–water partition coefficient (Wildman–Crippen LogP) is 2.99. The second kappa shape index (κ2) is 7.04. The highest BCUT2D eigenvalue weighted by Gasteiger charge is 2.27. The molecule has 1 fully saturated rings. The summed E-state index contributed by atoms with van der Waals surface area (Å²) in [5.74, 6) is 0.690. The van der Waals surface area contributed by atoms with Crippen LogP contribution in [0.5, 0.6) is 0 Å². The van der Waals surface area contributed by atoms with Gasteiger partial charge in [-0.1, -0.05) is 30.3 Å². The third-order valence-electron chi connectivity index (χ3n) is 3.94. The highest BCUT2D eigenvalue weighted by Crippen LogP contribution is 2.33. The van der Waals surface area contributed by atoms with Crippen molar-refractivity contribution in [2.75, 3.05) is 23.3 Å². The molecule has 1 N–H and O–H groups in total. The van der Waals surface area contributed by atoms with Crippen LogP contribution in [0.3, 0.4) is 0 Å². The first kappa shape index (κ1) is 15.2. The van der Waals surface area contributed by atoms with E-state index in [2.05, 4.69) is 15.3 Å². The van der Waals surface area contributed by atoms with E-state index in [1.54, 1.807) is 0 Å². The average molecular weight is 313 g/mol. The van der Waals surface area contributed by atoms with Gasteiger partial charge in [-0.05, 0) is 24.8 Å². The minimum atomic E-state index is -0.392. The fraction of sp³-hybridized carbons (Fsp3) is 0.375. The number of nitrogens with one attached hydrogen (secondary N) is 1. The molecular weight excluding hydrogens is 294 g/mol. The lowest BCUT2D eigenvalue weighted by Crippen LogP contribution is -2.31. The van der Waals surface area contributed by atoms with Crippen molar-refractivity contribution < 1.29 is 4.92 Å². The molecule has 0 radical (unpaired) electrons. The van der Waals surface area contributed by atoms with Crippen LogP contribution < -0.4 is 10.2 Å².